The Morgan fingerprint density at radius 3 is 2.42 bits per heavy atom. The van der Waals surface area contributed by atoms with Crippen LogP contribution in [0.5, 0.6) is 0 Å². The molecule has 5 aromatic rings. The van der Waals surface area contributed by atoms with Crippen LogP contribution in [-0.4, -0.2) is 29.6 Å². The minimum Gasteiger partial charge on any atom is -0.303 e. The fourth-order valence-electron chi connectivity index (χ4n) is 4.30. The molecule has 3 aromatic heterocycles. The topological polar surface area (TPSA) is 60.9 Å². The summed E-state index contributed by atoms with van der Waals surface area (Å²) >= 11 is 0. The summed E-state index contributed by atoms with van der Waals surface area (Å²) in [5, 5.41) is 11.8. The van der Waals surface area contributed by atoms with Gasteiger partial charge in [-0.05, 0) is 59.5 Å². The molecule has 0 aliphatic carbocycles. The molecule has 0 spiro atoms. The molecule has 0 amide bonds. The summed E-state index contributed by atoms with van der Waals surface area (Å²) in [6.07, 6.45) is 2.94. The Kier molecular flexibility index (Phi) is 4.62. The number of tetrazole rings is 1. The zero-order chi connectivity index (χ0) is 21.5. The molecule has 5 rings (SSSR count). The molecule has 154 valence electrons. The molecule has 0 atom stereocenters. The van der Waals surface area contributed by atoms with Gasteiger partial charge in [0.05, 0.1) is 11.4 Å². The molecule has 0 bridgehead atoms. The van der Waals surface area contributed by atoms with Gasteiger partial charge in [0.25, 0.3) is 0 Å². The van der Waals surface area contributed by atoms with Gasteiger partial charge in [-0.1, -0.05) is 55.0 Å². The Morgan fingerprint density at radius 2 is 1.71 bits per heavy atom. The van der Waals surface area contributed by atoms with Gasteiger partial charge in [-0.3, -0.25) is 0 Å². The van der Waals surface area contributed by atoms with Crippen LogP contribution in [0, 0.1) is 13.8 Å². The molecule has 31 heavy (non-hydrogen) atoms. The molecular formula is C25H24N6. The summed E-state index contributed by atoms with van der Waals surface area (Å²) in [7, 11) is 1.84. The van der Waals surface area contributed by atoms with Crippen LogP contribution < -0.4 is 0 Å². The van der Waals surface area contributed by atoms with Crippen LogP contribution >= 0.6 is 0 Å². The van der Waals surface area contributed by atoms with Crippen molar-refractivity contribution < 1.29 is 0 Å². The van der Waals surface area contributed by atoms with Gasteiger partial charge in [0.15, 0.2) is 5.82 Å². The predicted molar refractivity (Wildman–Crippen MR) is 123 cm³/mol. The lowest BCUT2D eigenvalue weighted by molar-refractivity contribution is 0.714. The predicted octanol–water partition coefficient (Wildman–Crippen LogP) is 5.04. The molecule has 2 aromatic carbocycles. The van der Waals surface area contributed by atoms with Crippen LogP contribution in [0.3, 0.4) is 0 Å². The van der Waals surface area contributed by atoms with Crippen molar-refractivity contribution >= 4 is 5.65 Å². The van der Waals surface area contributed by atoms with E-state index in [4.69, 9.17) is 4.98 Å². The molecule has 0 saturated heterocycles. The number of nitrogens with zero attached hydrogens (tertiary/aromatic N) is 6. The quantitative estimate of drug-likeness (QED) is 0.418. The van der Waals surface area contributed by atoms with Crippen molar-refractivity contribution in [2.75, 3.05) is 0 Å². The van der Waals surface area contributed by atoms with Gasteiger partial charge in [-0.2, -0.15) is 0 Å². The maximum Gasteiger partial charge on any atom is 0.181 e. The van der Waals surface area contributed by atoms with E-state index in [2.05, 4.69) is 89.4 Å². The second kappa shape index (κ2) is 7.47. The van der Waals surface area contributed by atoms with Gasteiger partial charge in [0.1, 0.15) is 5.65 Å². The molecule has 0 saturated carbocycles. The third kappa shape index (κ3) is 3.20. The third-order valence-corrected chi connectivity index (χ3v) is 5.79. The van der Waals surface area contributed by atoms with Crippen molar-refractivity contribution in [2.24, 2.45) is 7.05 Å². The van der Waals surface area contributed by atoms with E-state index < -0.39 is 0 Å². The first-order valence-electron chi connectivity index (χ1n) is 10.5. The van der Waals surface area contributed by atoms with Gasteiger partial charge in [-0.15, -0.1) is 5.10 Å². The Hall–Kier alpha value is -3.80. The van der Waals surface area contributed by atoms with Crippen LogP contribution in [0.4, 0.5) is 0 Å². The highest BCUT2D eigenvalue weighted by molar-refractivity contribution is 5.85. The van der Waals surface area contributed by atoms with Crippen LogP contribution in [0.1, 0.15) is 23.7 Å². The van der Waals surface area contributed by atoms with Crippen molar-refractivity contribution in [3.63, 3.8) is 0 Å². The largest absolute Gasteiger partial charge is 0.303 e. The van der Waals surface area contributed by atoms with Gasteiger partial charge >= 0.3 is 0 Å². The lowest BCUT2D eigenvalue weighted by atomic mass is 9.93. The fraction of sp³-hybridized carbons (Fsp3) is 0.200. The summed E-state index contributed by atoms with van der Waals surface area (Å²) in [5.41, 5.74) is 10.2. The lowest BCUT2D eigenvalue weighted by Gasteiger charge is -2.12. The molecule has 6 nitrogen and oxygen atoms in total. The third-order valence-electron chi connectivity index (χ3n) is 5.79. The van der Waals surface area contributed by atoms with E-state index in [0.717, 1.165) is 34.7 Å². The zero-order valence-corrected chi connectivity index (χ0v) is 18.2. The summed E-state index contributed by atoms with van der Waals surface area (Å²) in [4.78, 5) is 5.07. The number of benzene rings is 2. The normalized spacial score (nSPS) is 11.4. The van der Waals surface area contributed by atoms with E-state index in [9.17, 15) is 0 Å². The molecule has 3 heterocycles. The summed E-state index contributed by atoms with van der Waals surface area (Å²) < 4.78 is 3.84. The van der Waals surface area contributed by atoms with Crippen molar-refractivity contribution in [3.05, 3.63) is 77.6 Å². The summed E-state index contributed by atoms with van der Waals surface area (Å²) in [5.74, 6) is 0.723. The van der Waals surface area contributed by atoms with E-state index in [0.29, 0.717) is 0 Å². The Bertz CT molecular complexity index is 1410. The zero-order valence-electron chi connectivity index (χ0n) is 18.2. The first-order chi connectivity index (χ1) is 15.1. The van der Waals surface area contributed by atoms with Gasteiger partial charge in [0.2, 0.25) is 0 Å². The molecule has 0 aliphatic rings. The van der Waals surface area contributed by atoms with E-state index >= 15 is 0 Å². The number of hydrogen-bond donors (Lipinski definition) is 0. The smallest absolute Gasteiger partial charge is 0.181 e. The Balaban J connectivity index is 1.72. The maximum absolute atomic E-state index is 5.07. The van der Waals surface area contributed by atoms with Crippen molar-refractivity contribution in [1.29, 1.82) is 0 Å². The molecule has 0 N–H and O–H groups in total. The average molecular weight is 409 g/mol. The second-order valence-electron chi connectivity index (χ2n) is 7.89. The number of pyridine rings is 1. The van der Waals surface area contributed by atoms with Crippen LogP contribution in [-0.2, 0) is 13.5 Å². The van der Waals surface area contributed by atoms with Crippen molar-refractivity contribution in [3.8, 4) is 33.8 Å². The number of fused-ring (bicyclic) bond motifs is 1. The molecule has 6 heteroatoms. The van der Waals surface area contributed by atoms with Crippen LogP contribution in [0.2, 0.25) is 0 Å². The molecule has 0 unspecified atom stereocenters. The molecular weight excluding hydrogens is 384 g/mol. The first kappa shape index (κ1) is 19.2. The van der Waals surface area contributed by atoms with Gasteiger partial charge in [-0.25, -0.2) is 9.67 Å². The maximum atomic E-state index is 5.07. The van der Waals surface area contributed by atoms with Gasteiger partial charge in [0, 0.05) is 24.4 Å². The van der Waals surface area contributed by atoms with Crippen molar-refractivity contribution in [2.45, 2.75) is 27.2 Å². The number of hydrogen-bond acceptors (Lipinski definition) is 4. The minimum absolute atomic E-state index is 0.723. The molecule has 0 aliphatic heterocycles. The number of rotatable bonds is 4. The Morgan fingerprint density at radius 1 is 0.903 bits per heavy atom. The fourth-order valence-corrected chi connectivity index (χ4v) is 4.30. The highest BCUT2D eigenvalue weighted by Gasteiger charge is 2.18. The van der Waals surface area contributed by atoms with Gasteiger partial charge < -0.3 is 4.40 Å². The van der Waals surface area contributed by atoms with E-state index in [-0.39, 0.29) is 0 Å². The van der Waals surface area contributed by atoms with E-state index in [1.165, 1.54) is 27.9 Å². The number of aromatic nitrogens is 6. The number of aryl methyl sites for hydroxylation is 4. The molecule has 0 fully saturated rings. The number of imidazole rings is 1. The van der Waals surface area contributed by atoms with Crippen LogP contribution in [0.15, 0.2) is 60.8 Å². The summed E-state index contributed by atoms with van der Waals surface area (Å²) in [6.45, 7) is 6.47. The standard InChI is InChI=1S/C25H24N6/c1-5-22-24(21-9-7-6-8-20(21)19-11-10-16(2)14-17(19)3)26-23-15-18(12-13-31(22)23)25-27-28-29-30(25)4/h6-15H,5H2,1-4H3. The Labute approximate surface area is 181 Å². The van der Waals surface area contributed by atoms with Crippen LogP contribution in [0.25, 0.3) is 39.4 Å². The minimum atomic E-state index is 0.723. The average Bonchev–Trinajstić information content (AvgIpc) is 3.36. The highest BCUT2D eigenvalue weighted by Crippen LogP contribution is 2.36. The first-order valence-corrected chi connectivity index (χ1v) is 10.5. The van der Waals surface area contributed by atoms with E-state index in [1.54, 1.807) is 4.68 Å². The second-order valence-corrected chi connectivity index (χ2v) is 7.89. The van der Waals surface area contributed by atoms with E-state index in [1.807, 2.05) is 19.2 Å². The monoisotopic (exact) mass is 408 g/mol. The summed E-state index contributed by atoms with van der Waals surface area (Å²) in [6, 6.07) is 19.2. The SMILES string of the molecule is CCc1c(-c2ccccc2-c2ccc(C)cc2C)nc2cc(-c3nnnn3C)ccn12. The van der Waals surface area contributed by atoms with Crippen molar-refractivity contribution in [1.82, 2.24) is 29.6 Å². The lowest BCUT2D eigenvalue weighted by Crippen LogP contribution is -1.97. The highest BCUT2D eigenvalue weighted by atomic mass is 15.5. The molecule has 0 radical (unpaired) electrons.